The van der Waals surface area contributed by atoms with Crippen LogP contribution in [0, 0.1) is 0 Å². The van der Waals surface area contributed by atoms with Crippen molar-refractivity contribution in [2.45, 2.75) is 0 Å². The van der Waals surface area contributed by atoms with Gasteiger partial charge in [0.25, 0.3) is 5.91 Å². The molecule has 14 heavy (non-hydrogen) atoms. The highest BCUT2D eigenvalue weighted by Crippen LogP contribution is 2.17. The van der Waals surface area contributed by atoms with Crippen molar-refractivity contribution in [2.75, 3.05) is 13.6 Å². The Morgan fingerprint density at radius 2 is 2.29 bits per heavy atom. The molecule has 1 aromatic heterocycles. The average Bonchev–Trinajstić information content (AvgIpc) is 2.48. The van der Waals surface area contributed by atoms with E-state index in [4.69, 9.17) is 21.8 Å². The molecule has 0 saturated heterocycles. The Morgan fingerprint density at radius 3 is 2.71 bits per heavy atom. The number of hydrogen-bond acceptors (Lipinski definition) is 3. The van der Waals surface area contributed by atoms with Crippen LogP contribution >= 0.6 is 11.6 Å². The number of nitrogens with zero attached hydrogens (tertiary/aromatic N) is 1. The summed E-state index contributed by atoms with van der Waals surface area (Å²) < 4.78 is 4.74. The predicted octanol–water partition coefficient (Wildman–Crippen LogP) is 0.490. The Morgan fingerprint density at radius 1 is 1.64 bits per heavy atom. The Labute approximate surface area is 85.4 Å². The minimum atomic E-state index is -0.583. The van der Waals surface area contributed by atoms with Gasteiger partial charge in [0.1, 0.15) is 0 Å². The van der Waals surface area contributed by atoms with Crippen molar-refractivity contribution < 1.29 is 14.0 Å². The van der Waals surface area contributed by atoms with Crippen molar-refractivity contribution in [3.05, 3.63) is 23.1 Å². The number of rotatable bonds is 3. The molecule has 0 fully saturated rings. The zero-order chi connectivity index (χ0) is 10.7. The van der Waals surface area contributed by atoms with Gasteiger partial charge in [0.2, 0.25) is 11.1 Å². The van der Waals surface area contributed by atoms with Gasteiger partial charge in [-0.15, -0.1) is 0 Å². The Balaban J connectivity index is 2.76. The summed E-state index contributed by atoms with van der Waals surface area (Å²) in [5, 5.41) is 0.00585. The van der Waals surface area contributed by atoms with Crippen LogP contribution in [-0.2, 0) is 4.79 Å². The van der Waals surface area contributed by atoms with Crippen LogP contribution in [-0.4, -0.2) is 30.3 Å². The summed E-state index contributed by atoms with van der Waals surface area (Å²) in [6.45, 7) is -0.152. The van der Waals surface area contributed by atoms with Gasteiger partial charge in [-0.3, -0.25) is 9.59 Å². The first-order valence-electron chi connectivity index (χ1n) is 3.79. The summed E-state index contributed by atoms with van der Waals surface area (Å²) in [6.07, 6.45) is 1.30. The lowest BCUT2D eigenvalue weighted by Gasteiger charge is -2.13. The molecule has 0 bridgehead atoms. The summed E-state index contributed by atoms with van der Waals surface area (Å²) >= 11 is 5.58. The van der Waals surface area contributed by atoms with Crippen LogP contribution in [0.1, 0.15) is 10.4 Å². The first-order chi connectivity index (χ1) is 6.52. The van der Waals surface area contributed by atoms with Crippen molar-refractivity contribution in [1.29, 1.82) is 0 Å². The van der Waals surface area contributed by atoms with Crippen molar-refractivity contribution in [2.24, 2.45) is 5.73 Å². The molecule has 0 unspecified atom stereocenters. The van der Waals surface area contributed by atoms with Crippen LogP contribution in [0.25, 0.3) is 0 Å². The van der Waals surface area contributed by atoms with E-state index in [2.05, 4.69) is 0 Å². The normalized spacial score (nSPS) is 9.86. The summed E-state index contributed by atoms with van der Waals surface area (Å²) in [6, 6.07) is 1.43. The minimum absolute atomic E-state index is 0.00585. The van der Waals surface area contributed by atoms with E-state index in [-0.39, 0.29) is 17.3 Å². The lowest BCUT2D eigenvalue weighted by Crippen LogP contribution is -2.35. The molecule has 2 N–H and O–H groups in total. The molecule has 0 aromatic carbocycles. The maximum atomic E-state index is 11.5. The molecule has 0 atom stereocenters. The fraction of sp³-hybridized carbons (Fsp3) is 0.250. The van der Waals surface area contributed by atoms with Gasteiger partial charge in [-0.1, -0.05) is 0 Å². The molecule has 2 amide bonds. The van der Waals surface area contributed by atoms with Crippen molar-refractivity contribution in [1.82, 2.24) is 4.90 Å². The second kappa shape index (κ2) is 4.15. The average molecular weight is 217 g/mol. The van der Waals surface area contributed by atoms with E-state index >= 15 is 0 Å². The topological polar surface area (TPSA) is 76.5 Å². The summed E-state index contributed by atoms with van der Waals surface area (Å²) in [5.74, 6) is -0.983. The SMILES string of the molecule is CN(CC(N)=O)C(=O)c1ccoc1Cl. The van der Waals surface area contributed by atoms with Crippen LogP contribution in [0.15, 0.2) is 16.7 Å². The van der Waals surface area contributed by atoms with Crippen LogP contribution in [0.2, 0.25) is 5.22 Å². The Hall–Kier alpha value is -1.49. The minimum Gasteiger partial charge on any atom is -0.452 e. The van der Waals surface area contributed by atoms with Crippen LogP contribution in [0.3, 0.4) is 0 Å². The standard InChI is InChI=1S/C8H9ClN2O3/c1-11(4-6(10)12)8(13)5-2-3-14-7(5)9/h2-3H,4H2,1H3,(H2,10,12). The molecular weight excluding hydrogens is 208 g/mol. The highest BCUT2D eigenvalue weighted by atomic mass is 35.5. The lowest BCUT2D eigenvalue weighted by atomic mass is 10.3. The summed E-state index contributed by atoms with van der Waals surface area (Å²) in [4.78, 5) is 23.2. The van der Waals surface area contributed by atoms with E-state index < -0.39 is 11.8 Å². The number of halogens is 1. The molecule has 1 aromatic rings. The van der Waals surface area contributed by atoms with Crippen LogP contribution in [0.4, 0.5) is 0 Å². The van der Waals surface area contributed by atoms with Gasteiger partial charge in [0.05, 0.1) is 18.4 Å². The largest absolute Gasteiger partial charge is 0.452 e. The van der Waals surface area contributed by atoms with Crippen molar-refractivity contribution in [3.8, 4) is 0 Å². The number of carbonyl (C=O) groups is 2. The number of carbonyl (C=O) groups excluding carboxylic acids is 2. The van der Waals surface area contributed by atoms with E-state index in [9.17, 15) is 9.59 Å². The molecule has 1 rings (SSSR count). The Kier molecular flexibility index (Phi) is 3.14. The van der Waals surface area contributed by atoms with E-state index in [1.165, 1.54) is 24.3 Å². The number of hydrogen-bond donors (Lipinski definition) is 1. The zero-order valence-electron chi connectivity index (χ0n) is 7.49. The fourth-order valence-electron chi connectivity index (χ4n) is 0.957. The zero-order valence-corrected chi connectivity index (χ0v) is 8.25. The molecule has 0 saturated carbocycles. The summed E-state index contributed by atoms with van der Waals surface area (Å²) in [5.41, 5.74) is 5.15. The fourth-order valence-corrected chi connectivity index (χ4v) is 1.15. The highest BCUT2D eigenvalue weighted by Gasteiger charge is 2.18. The van der Waals surface area contributed by atoms with Gasteiger partial charge in [-0.05, 0) is 17.7 Å². The maximum Gasteiger partial charge on any atom is 0.258 e. The number of primary amides is 1. The van der Waals surface area contributed by atoms with Crippen molar-refractivity contribution in [3.63, 3.8) is 0 Å². The highest BCUT2D eigenvalue weighted by molar-refractivity contribution is 6.32. The van der Waals surface area contributed by atoms with Gasteiger partial charge >= 0.3 is 0 Å². The first-order valence-corrected chi connectivity index (χ1v) is 4.17. The van der Waals surface area contributed by atoms with Gasteiger partial charge in [-0.2, -0.15) is 0 Å². The molecule has 0 aliphatic carbocycles. The van der Waals surface area contributed by atoms with E-state index in [1.807, 2.05) is 0 Å². The third kappa shape index (κ3) is 2.26. The van der Waals surface area contributed by atoms with E-state index in [0.717, 1.165) is 0 Å². The van der Waals surface area contributed by atoms with Crippen molar-refractivity contribution >= 4 is 23.4 Å². The lowest BCUT2D eigenvalue weighted by molar-refractivity contribution is -0.118. The third-order valence-electron chi connectivity index (χ3n) is 1.59. The van der Waals surface area contributed by atoms with Gasteiger partial charge in [-0.25, -0.2) is 0 Å². The Bertz CT molecular complexity index is 361. The molecule has 0 spiro atoms. The number of likely N-dealkylation sites (N-methyl/N-ethyl adjacent to an activating group) is 1. The second-order valence-electron chi connectivity index (χ2n) is 2.74. The maximum absolute atomic E-state index is 11.5. The van der Waals surface area contributed by atoms with E-state index in [1.54, 1.807) is 0 Å². The van der Waals surface area contributed by atoms with Crippen LogP contribution < -0.4 is 5.73 Å². The van der Waals surface area contributed by atoms with Gasteiger partial charge in [0.15, 0.2) is 0 Å². The van der Waals surface area contributed by atoms with Gasteiger partial charge < -0.3 is 15.1 Å². The first kappa shape index (κ1) is 10.6. The molecule has 1 heterocycles. The molecule has 0 aliphatic heterocycles. The third-order valence-corrected chi connectivity index (χ3v) is 1.88. The molecule has 6 heteroatoms. The number of amides is 2. The molecular formula is C8H9ClN2O3. The quantitative estimate of drug-likeness (QED) is 0.799. The van der Waals surface area contributed by atoms with Gasteiger partial charge in [0, 0.05) is 7.05 Å². The molecule has 5 nitrogen and oxygen atoms in total. The second-order valence-corrected chi connectivity index (χ2v) is 3.08. The molecule has 0 aliphatic rings. The monoisotopic (exact) mass is 216 g/mol. The smallest absolute Gasteiger partial charge is 0.258 e. The van der Waals surface area contributed by atoms with Crippen LogP contribution in [0.5, 0.6) is 0 Å². The molecule has 76 valence electrons. The van der Waals surface area contributed by atoms with E-state index in [0.29, 0.717) is 0 Å². The number of nitrogens with two attached hydrogens (primary N) is 1. The predicted molar refractivity (Wildman–Crippen MR) is 49.9 cm³/mol. The number of furan rings is 1. The summed E-state index contributed by atoms with van der Waals surface area (Å²) in [7, 11) is 1.45. The molecule has 0 radical (unpaired) electrons.